The normalized spacial score (nSPS) is 14.5. The largest absolute Gasteiger partial charge is 0.379 e. The van der Waals surface area contributed by atoms with Crippen LogP contribution in [0.25, 0.3) is 0 Å². The van der Waals surface area contributed by atoms with Gasteiger partial charge in [-0.3, -0.25) is 14.5 Å². The molecule has 2 N–H and O–H groups in total. The van der Waals surface area contributed by atoms with Crippen molar-refractivity contribution in [2.24, 2.45) is 0 Å². The average molecular weight is 440 g/mol. The summed E-state index contributed by atoms with van der Waals surface area (Å²) >= 11 is 2.57. The van der Waals surface area contributed by atoms with Crippen LogP contribution in [0.1, 0.15) is 14.8 Å². The van der Waals surface area contributed by atoms with Gasteiger partial charge in [-0.15, -0.1) is 22.0 Å². The first-order valence-electron chi connectivity index (χ1n) is 9.14. The van der Waals surface area contributed by atoms with Crippen molar-refractivity contribution in [2.75, 3.05) is 50.5 Å². The molecule has 3 rings (SSSR count). The Labute approximate surface area is 176 Å². The topological polar surface area (TPSA) is 96.5 Å². The highest BCUT2D eigenvalue weighted by Crippen LogP contribution is 2.18. The quantitative estimate of drug-likeness (QED) is 0.613. The lowest BCUT2D eigenvalue weighted by atomic mass is 10.3. The lowest BCUT2D eigenvalue weighted by molar-refractivity contribution is -0.118. The number of halogens is 1. The number of nitrogens with zero attached hydrogens (tertiary/aromatic N) is 3. The molecule has 0 saturated carbocycles. The SMILES string of the molecule is O=C(CSCc1nnc(C(=O)Nc2cccc(F)c2)s1)NCCN1CCOCC1. The van der Waals surface area contributed by atoms with E-state index >= 15 is 0 Å². The molecule has 0 aliphatic carbocycles. The van der Waals surface area contributed by atoms with E-state index in [1.807, 2.05) is 0 Å². The Morgan fingerprint density at radius 3 is 2.90 bits per heavy atom. The third kappa shape index (κ3) is 7.35. The zero-order valence-corrected chi connectivity index (χ0v) is 17.4. The van der Waals surface area contributed by atoms with Crippen molar-refractivity contribution < 1.29 is 18.7 Å². The first-order valence-corrected chi connectivity index (χ1v) is 11.1. The van der Waals surface area contributed by atoms with E-state index in [0.717, 1.165) is 44.2 Å². The summed E-state index contributed by atoms with van der Waals surface area (Å²) < 4.78 is 18.5. The first kappa shape index (κ1) is 21.6. The van der Waals surface area contributed by atoms with Gasteiger partial charge >= 0.3 is 0 Å². The van der Waals surface area contributed by atoms with E-state index in [1.54, 1.807) is 6.07 Å². The molecule has 1 aliphatic rings. The van der Waals surface area contributed by atoms with Crippen molar-refractivity contribution in [3.63, 3.8) is 0 Å². The Morgan fingerprint density at radius 1 is 1.28 bits per heavy atom. The number of hydrogen-bond donors (Lipinski definition) is 2. The Bertz CT molecular complexity index is 829. The van der Waals surface area contributed by atoms with Crippen LogP contribution in [0.4, 0.5) is 10.1 Å². The van der Waals surface area contributed by atoms with Gasteiger partial charge in [-0.2, -0.15) is 0 Å². The van der Waals surface area contributed by atoms with Crippen LogP contribution in [0.2, 0.25) is 0 Å². The highest BCUT2D eigenvalue weighted by atomic mass is 32.2. The Morgan fingerprint density at radius 2 is 2.10 bits per heavy atom. The molecule has 11 heteroatoms. The predicted octanol–water partition coefficient (Wildman–Crippen LogP) is 1.61. The molecule has 29 heavy (non-hydrogen) atoms. The highest BCUT2D eigenvalue weighted by molar-refractivity contribution is 7.99. The van der Waals surface area contributed by atoms with Crippen LogP contribution in [-0.4, -0.2) is 72.1 Å². The van der Waals surface area contributed by atoms with E-state index in [0.29, 0.717) is 28.7 Å². The average Bonchev–Trinajstić information content (AvgIpc) is 3.18. The molecule has 0 unspecified atom stereocenters. The standard InChI is InChI=1S/C18H22FN5O3S2/c19-13-2-1-3-14(10-13)21-17(26)18-23-22-16(29-18)12-28-11-15(25)20-4-5-24-6-8-27-9-7-24/h1-3,10H,4-9,11-12H2,(H,20,25)(H,21,26). The number of anilines is 1. The summed E-state index contributed by atoms with van der Waals surface area (Å²) in [5.74, 6) is -0.0996. The van der Waals surface area contributed by atoms with Crippen LogP contribution >= 0.6 is 23.1 Å². The first-order chi connectivity index (χ1) is 14.1. The summed E-state index contributed by atoms with van der Waals surface area (Å²) in [6.45, 7) is 4.72. The molecule has 1 aliphatic heterocycles. The van der Waals surface area contributed by atoms with Gasteiger partial charge in [-0.1, -0.05) is 17.4 Å². The Kier molecular flexibility index (Phi) is 8.35. The monoisotopic (exact) mass is 439 g/mol. The Balaban J connectivity index is 1.34. The summed E-state index contributed by atoms with van der Waals surface area (Å²) in [6.07, 6.45) is 0. The number of amides is 2. The molecule has 1 aromatic carbocycles. The van der Waals surface area contributed by atoms with Gasteiger partial charge in [-0.05, 0) is 18.2 Å². The number of hydrogen-bond acceptors (Lipinski definition) is 8. The summed E-state index contributed by atoms with van der Waals surface area (Å²) in [7, 11) is 0. The van der Waals surface area contributed by atoms with Gasteiger partial charge < -0.3 is 15.4 Å². The van der Waals surface area contributed by atoms with Crippen LogP contribution < -0.4 is 10.6 Å². The number of benzene rings is 1. The molecule has 2 aromatic rings. The molecule has 2 heterocycles. The van der Waals surface area contributed by atoms with Crippen molar-refractivity contribution in [1.29, 1.82) is 0 Å². The fraction of sp³-hybridized carbons (Fsp3) is 0.444. The van der Waals surface area contributed by atoms with Crippen LogP contribution in [-0.2, 0) is 15.3 Å². The van der Waals surface area contributed by atoms with Gasteiger partial charge in [-0.25, -0.2) is 4.39 Å². The maximum absolute atomic E-state index is 13.2. The molecular weight excluding hydrogens is 417 g/mol. The zero-order valence-electron chi connectivity index (χ0n) is 15.7. The number of thioether (sulfide) groups is 1. The minimum absolute atomic E-state index is 0.0307. The molecule has 0 spiro atoms. The van der Waals surface area contributed by atoms with Gasteiger partial charge in [0.1, 0.15) is 10.8 Å². The van der Waals surface area contributed by atoms with Gasteiger partial charge in [0, 0.05) is 37.6 Å². The van der Waals surface area contributed by atoms with Crippen molar-refractivity contribution in [1.82, 2.24) is 20.4 Å². The number of carbonyl (C=O) groups is 2. The van der Waals surface area contributed by atoms with E-state index in [9.17, 15) is 14.0 Å². The molecule has 156 valence electrons. The van der Waals surface area contributed by atoms with Crippen molar-refractivity contribution in [3.05, 3.63) is 40.1 Å². The van der Waals surface area contributed by atoms with Crippen molar-refractivity contribution in [2.45, 2.75) is 5.75 Å². The minimum atomic E-state index is -0.440. The van der Waals surface area contributed by atoms with Crippen molar-refractivity contribution in [3.8, 4) is 0 Å². The second-order valence-corrected chi connectivity index (χ2v) is 8.31. The van der Waals surface area contributed by atoms with Gasteiger partial charge in [0.2, 0.25) is 10.9 Å². The van der Waals surface area contributed by atoms with Crippen LogP contribution in [0, 0.1) is 5.82 Å². The molecule has 0 bridgehead atoms. The molecule has 1 aromatic heterocycles. The summed E-state index contributed by atoms with van der Waals surface area (Å²) in [4.78, 5) is 26.3. The van der Waals surface area contributed by atoms with Crippen LogP contribution in [0.5, 0.6) is 0 Å². The predicted molar refractivity (Wildman–Crippen MR) is 111 cm³/mol. The number of ether oxygens (including phenoxy) is 1. The maximum Gasteiger partial charge on any atom is 0.286 e. The molecule has 0 atom stereocenters. The van der Waals surface area contributed by atoms with Gasteiger partial charge in [0.05, 0.1) is 19.0 Å². The molecule has 8 nitrogen and oxygen atoms in total. The molecule has 0 radical (unpaired) electrons. The molecule has 2 amide bonds. The van der Waals surface area contributed by atoms with E-state index < -0.39 is 11.7 Å². The van der Waals surface area contributed by atoms with Crippen LogP contribution in [0.15, 0.2) is 24.3 Å². The molecule has 1 saturated heterocycles. The van der Waals surface area contributed by atoms with Crippen LogP contribution in [0.3, 0.4) is 0 Å². The lowest BCUT2D eigenvalue weighted by Gasteiger charge is -2.26. The summed E-state index contributed by atoms with van der Waals surface area (Å²) in [6, 6.07) is 5.64. The highest BCUT2D eigenvalue weighted by Gasteiger charge is 2.14. The maximum atomic E-state index is 13.2. The number of aromatic nitrogens is 2. The smallest absolute Gasteiger partial charge is 0.286 e. The fourth-order valence-corrected chi connectivity index (χ4v) is 4.25. The summed E-state index contributed by atoms with van der Waals surface area (Å²) in [5, 5.41) is 14.2. The summed E-state index contributed by atoms with van der Waals surface area (Å²) in [5.41, 5.74) is 0.356. The number of nitrogens with one attached hydrogen (secondary N) is 2. The van der Waals surface area contributed by atoms with Gasteiger partial charge in [0.15, 0.2) is 0 Å². The van der Waals surface area contributed by atoms with Gasteiger partial charge in [0.25, 0.3) is 5.91 Å². The van der Waals surface area contributed by atoms with E-state index in [2.05, 4.69) is 25.7 Å². The zero-order chi connectivity index (χ0) is 20.5. The van der Waals surface area contributed by atoms with E-state index in [4.69, 9.17) is 4.74 Å². The fourth-order valence-electron chi connectivity index (χ4n) is 2.61. The third-order valence-corrected chi connectivity index (χ3v) is 6.10. The van der Waals surface area contributed by atoms with Crippen molar-refractivity contribution >= 4 is 40.6 Å². The Hall–Kier alpha value is -2.08. The van der Waals surface area contributed by atoms with E-state index in [1.165, 1.54) is 30.0 Å². The number of carbonyl (C=O) groups excluding carboxylic acids is 2. The third-order valence-electron chi connectivity index (χ3n) is 4.06. The van der Waals surface area contributed by atoms with E-state index in [-0.39, 0.29) is 10.9 Å². The molecule has 1 fully saturated rings. The molecular formula is C18H22FN5O3S2. The number of morpholine rings is 1. The second-order valence-electron chi connectivity index (χ2n) is 6.26. The number of rotatable bonds is 9. The lowest BCUT2D eigenvalue weighted by Crippen LogP contribution is -2.41. The minimum Gasteiger partial charge on any atom is -0.379 e. The second kappa shape index (κ2) is 11.2.